The van der Waals surface area contributed by atoms with Gasteiger partial charge in [-0.15, -0.1) is 23.2 Å². The molecule has 0 heterocycles. The number of ether oxygens (including phenoxy) is 3. The predicted molar refractivity (Wildman–Crippen MR) is 157 cm³/mol. The number of benzene rings is 1. The average Bonchev–Trinajstić information content (AvgIpc) is 2.97. The minimum Gasteiger partial charge on any atom is -0.466 e. The van der Waals surface area contributed by atoms with Crippen molar-refractivity contribution in [3.63, 3.8) is 0 Å². The first-order valence-electron chi connectivity index (χ1n) is 14.7. The summed E-state index contributed by atoms with van der Waals surface area (Å²) in [6.45, 7) is 3.44. The third-order valence-corrected chi connectivity index (χ3v) is 8.75. The van der Waals surface area contributed by atoms with Gasteiger partial charge >= 0.3 is 11.9 Å². The lowest BCUT2D eigenvalue weighted by molar-refractivity contribution is -0.158. The molecule has 0 radical (unpaired) electrons. The number of carbonyl (C=O) groups excluding carboxylic acids is 3. The Labute approximate surface area is 253 Å². The summed E-state index contributed by atoms with van der Waals surface area (Å²) in [5.74, 6) is -2.38. The Kier molecular flexibility index (Phi) is 14.1. The third kappa shape index (κ3) is 10.1. The van der Waals surface area contributed by atoms with E-state index in [1.807, 2.05) is 37.4 Å². The number of amides is 1. The molecule has 2 fully saturated rings. The second kappa shape index (κ2) is 17.3. The Bertz CT molecular complexity index is 961. The Morgan fingerprint density at radius 3 is 2.44 bits per heavy atom. The molecule has 0 aromatic heterocycles. The smallest absolute Gasteiger partial charge is 0.329 e. The minimum absolute atomic E-state index is 0.157. The number of hydrogen-bond donors (Lipinski definition) is 3. The van der Waals surface area contributed by atoms with Crippen LogP contribution in [0.4, 0.5) is 0 Å². The van der Waals surface area contributed by atoms with E-state index in [4.69, 9.17) is 37.4 Å². The molecule has 1 aromatic carbocycles. The van der Waals surface area contributed by atoms with Crippen LogP contribution in [0.3, 0.4) is 0 Å². The summed E-state index contributed by atoms with van der Waals surface area (Å²) in [7, 11) is 1.88. The largest absolute Gasteiger partial charge is 0.466 e. The van der Waals surface area contributed by atoms with Gasteiger partial charge in [0, 0.05) is 13.0 Å². The maximum atomic E-state index is 13.4. The fourth-order valence-electron chi connectivity index (χ4n) is 5.46. The van der Waals surface area contributed by atoms with E-state index >= 15 is 0 Å². The van der Waals surface area contributed by atoms with E-state index in [-0.39, 0.29) is 30.8 Å². The van der Waals surface area contributed by atoms with Crippen molar-refractivity contribution in [1.29, 1.82) is 0 Å². The van der Waals surface area contributed by atoms with Crippen molar-refractivity contribution >= 4 is 41.0 Å². The van der Waals surface area contributed by atoms with Gasteiger partial charge in [-0.25, -0.2) is 4.79 Å². The number of carbonyl (C=O) groups is 3. The van der Waals surface area contributed by atoms with E-state index in [0.717, 1.165) is 24.9 Å². The van der Waals surface area contributed by atoms with Crippen molar-refractivity contribution in [2.45, 2.75) is 93.4 Å². The number of esters is 2. The highest BCUT2D eigenvalue weighted by Crippen LogP contribution is 2.35. The molecule has 2 saturated carbocycles. The summed E-state index contributed by atoms with van der Waals surface area (Å²) in [5, 5.41) is 15.4. The van der Waals surface area contributed by atoms with E-state index < -0.39 is 46.8 Å². The van der Waals surface area contributed by atoms with Crippen molar-refractivity contribution in [2.24, 2.45) is 11.8 Å². The number of nitrogens with one attached hydrogen (secondary N) is 2. The van der Waals surface area contributed by atoms with Crippen molar-refractivity contribution in [2.75, 3.05) is 26.8 Å². The highest BCUT2D eigenvalue weighted by atomic mass is 35.5. The van der Waals surface area contributed by atoms with Gasteiger partial charge in [0.2, 0.25) is 5.91 Å². The van der Waals surface area contributed by atoms with Gasteiger partial charge in [-0.2, -0.15) is 0 Å². The van der Waals surface area contributed by atoms with Gasteiger partial charge in [-0.3, -0.25) is 9.59 Å². The van der Waals surface area contributed by atoms with Crippen molar-refractivity contribution in [3.8, 4) is 0 Å². The quantitative estimate of drug-likeness (QED) is 0.166. The van der Waals surface area contributed by atoms with E-state index in [9.17, 15) is 19.5 Å². The molecule has 230 valence electrons. The summed E-state index contributed by atoms with van der Waals surface area (Å²) in [4.78, 5) is 38.8. The number of rotatable bonds is 14. The second-order valence-electron chi connectivity index (χ2n) is 10.9. The minimum atomic E-state index is -1.19. The first kappa shape index (κ1) is 33.6. The normalized spacial score (nSPS) is 28.9. The lowest BCUT2D eigenvalue weighted by atomic mass is 9.83. The van der Waals surface area contributed by atoms with Crippen LogP contribution < -0.4 is 10.6 Å². The molecule has 1 aromatic rings. The summed E-state index contributed by atoms with van der Waals surface area (Å²) in [6, 6.07) is 8.36. The van der Waals surface area contributed by atoms with Crippen LogP contribution >= 0.6 is 23.2 Å². The zero-order valence-corrected chi connectivity index (χ0v) is 25.4. The molecule has 6 atom stereocenters. The van der Waals surface area contributed by atoms with Crippen LogP contribution in [0.25, 0.3) is 0 Å². The molecule has 41 heavy (non-hydrogen) atoms. The number of aliphatic hydroxyl groups is 1. The maximum Gasteiger partial charge on any atom is 0.329 e. The number of alkyl halides is 2. The molecule has 5 unspecified atom stereocenters. The Hall–Kier alpha value is -1.91. The first-order valence-corrected chi connectivity index (χ1v) is 15.6. The van der Waals surface area contributed by atoms with Crippen LogP contribution in [0.15, 0.2) is 30.3 Å². The molecule has 0 spiro atoms. The lowest BCUT2D eigenvalue weighted by Crippen LogP contribution is -2.56. The van der Waals surface area contributed by atoms with Gasteiger partial charge in [0.25, 0.3) is 0 Å². The number of unbranched alkanes of at least 4 members (excludes halogenated alkanes) is 1. The van der Waals surface area contributed by atoms with Gasteiger partial charge in [-0.1, -0.05) is 30.3 Å². The molecule has 0 saturated heterocycles. The number of halogens is 2. The maximum absolute atomic E-state index is 13.4. The van der Waals surface area contributed by atoms with Crippen molar-refractivity contribution < 1.29 is 33.7 Å². The molecule has 9 nitrogen and oxygen atoms in total. The van der Waals surface area contributed by atoms with E-state index in [0.29, 0.717) is 38.9 Å². The summed E-state index contributed by atoms with van der Waals surface area (Å²) >= 11 is 13.1. The standard InChI is InChI=1S/C30H44Cl2N2O7/c1-3-39-29(37)20-11-13-21(14-12-20)41-30(38)24(17-19-9-5-4-6-10-19)34-28(36)22-18-23(31)27(25(32)26(22)35)40-16-8-7-15-33-2/h4-6,9-10,20-27,33,35H,3,7-8,11-18H2,1-2H3,(H,34,36)/t20?,21?,22?,23?,24-,25?,26?,27?/m0/s1. The molecule has 2 aliphatic rings. The summed E-state index contributed by atoms with van der Waals surface area (Å²) in [5.41, 5.74) is 0.849. The molecule has 0 bridgehead atoms. The van der Waals surface area contributed by atoms with E-state index in [1.165, 1.54) is 0 Å². The zero-order valence-electron chi connectivity index (χ0n) is 23.9. The zero-order chi connectivity index (χ0) is 29.8. The highest BCUT2D eigenvalue weighted by Gasteiger charge is 2.47. The molecule has 0 aliphatic heterocycles. The number of aliphatic hydroxyl groups excluding tert-OH is 1. The molecule has 2 aliphatic carbocycles. The summed E-state index contributed by atoms with van der Waals surface area (Å²) < 4.78 is 16.8. The lowest BCUT2D eigenvalue weighted by Gasteiger charge is -2.39. The van der Waals surface area contributed by atoms with Crippen LogP contribution in [-0.2, 0) is 35.0 Å². The van der Waals surface area contributed by atoms with Gasteiger partial charge in [0.15, 0.2) is 0 Å². The topological polar surface area (TPSA) is 123 Å². The van der Waals surface area contributed by atoms with E-state index in [1.54, 1.807) is 6.92 Å². The van der Waals surface area contributed by atoms with Crippen LogP contribution in [-0.4, -0.2) is 84.9 Å². The fourth-order valence-corrected chi connectivity index (χ4v) is 6.38. The van der Waals surface area contributed by atoms with Crippen LogP contribution in [0.5, 0.6) is 0 Å². The molecule has 11 heteroatoms. The Balaban J connectivity index is 1.61. The van der Waals surface area contributed by atoms with Crippen molar-refractivity contribution in [3.05, 3.63) is 35.9 Å². The fraction of sp³-hybridized carbons (Fsp3) is 0.700. The van der Waals surface area contributed by atoms with Gasteiger partial charge in [0.05, 0.1) is 41.4 Å². The first-order chi connectivity index (χ1) is 19.7. The molecule has 1 amide bonds. The molecular formula is C30H44Cl2N2O7. The second-order valence-corrected chi connectivity index (χ2v) is 11.9. The van der Waals surface area contributed by atoms with Crippen LogP contribution in [0.2, 0.25) is 0 Å². The predicted octanol–water partition coefficient (Wildman–Crippen LogP) is 3.36. The monoisotopic (exact) mass is 614 g/mol. The Morgan fingerprint density at radius 1 is 1.07 bits per heavy atom. The van der Waals surface area contributed by atoms with Crippen LogP contribution in [0, 0.1) is 11.8 Å². The molecule has 3 N–H and O–H groups in total. The number of hydrogen-bond acceptors (Lipinski definition) is 8. The molecular weight excluding hydrogens is 571 g/mol. The van der Waals surface area contributed by atoms with Crippen LogP contribution in [0.1, 0.15) is 57.4 Å². The van der Waals surface area contributed by atoms with E-state index in [2.05, 4.69) is 10.6 Å². The van der Waals surface area contributed by atoms with Gasteiger partial charge in [-0.05, 0) is 71.0 Å². The average molecular weight is 616 g/mol. The van der Waals surface area contributed by atoms with Gasteiger partial charge in [0.1, 0.15) is 12.1 Å². The SMILES string of the molecule is CCOC(=O)C1CCC(OC(=O)[C@H](Cc2ccccc2)NC(=O)C2CC(Cl)C(OCCCCNC)C(Cl)C2O)CC1. The third-order valence-electron chi connectivity index (χ3n) is 7.82. The van der Waals surface area contributed by atoms with Gasteiger partial charge < -0.3 is 30.0 Å². The van der Waals surface area contributed by atoms with Crippen molar-refractivity contribution in [1.82, 2.24) is 10.6 Å². The summed E-state index contributed by atoms with van der Waals surface area (Å²) in [6.07, 6.45) is 2.23. The highest BCUT2D eigenvalue weighted by molar-refractivity contribution is 6.25. The molecule has 3 rings (SSSR count). The Morgan fingerprint density at radius 2 is 1.78 bits per heavy atom.